The fourth-order valence-electron chi connectivity index (χ4n) is 2.70. The lowest BCUT2D eigenvalue weighted by molar-refractivity contribution is 0.0783. The van der Waals surface area contributed by atoms with Crippen molar-refractivity contribution in [1.29, 1.82) is 0 Å². The lowest BCUT2D eigenvalue weighted by atomic mass is 9.77. The summed E-state index contributed by atoms with van der Waals surface area (Å²) in [5, 5.41) is 19.1. The first-order valence-corrected chi connectivity index (χ1v) is 8.10. The number of hydrogen-bond donors (Lipinski definition) is 2. The van der Waals surface area contributed by atoms with Crippen molar-refractivity contribution >= 4 is 42.0 Å². The number of aromatic nitrogens is 2. The van der Waals surface area contributed by atoms with E-state index in [9.17, 15) is 19.6 Å². The van der Waals surface area contributed by atoms with Gasteiger partial charge in [0, 0.05) is 24.4 Å². The Hall–Kier alpha value is -2.68. The van der Waals surface area contributed by atoms with E-state index >= 15 is 0 Å². The number of amides is 1. The Labute approximate surface area is 154 Å². The van der Waals surface area contributed by atoms with Crippen molar-refractivity contribution in [1.82, 2.24) is 14.3 Å². The SMILES string of the molecule is CN(Cc1cnc2ccc(Cl)cn12)C(=O)c1ccc(B(O)O)c(C=O)c1. The number of carbonyl (C=O) groups is 2. The first-order chi connectivity index (χ1) is 12.4. The van der Waals surface area contributed by atoms with E-state index in [-0.39, 0.29) is 29.0 Å². The summed E-state index contributed by atoms with van der Waals surface area (Å²) < 4.78 is 1.80. The minimum Gasteiger partial charge on any atom is -0.423 e. The number of pyridine rings is 1. The Balaban J connectivity index is 1.85. The Morgan fingerprint density at radius 1 is 1.35 bits per heavy atom. The molecule has 0 radical (unpaired) electrons. The molecule has 132 valence electrons. The Morgan fingerprint density at radius 2 is 2.12 bits per heavy atom. The van der Waals surface area contributed by atoms with Gasteiger partial charge in [0.05, 0.1) is 23.5 Å². The van der Waals surface area contributed by atoms with Gasteiger partial charge in [-0.15, -0.1) is 0 Å². The number of benzene rings is 1. The fourth-order valence-corrected chi connectivity index (χ4v) is 2.86. The number of aldehydes is 1. The van der Waals surface area contributed by atoms with E-state index in [4.69, 9.17) is 11.6 Å². The minimum atomic E-state index is -1.78. The third kappa shape index (κ3) is 3.48. The normalized spacial score (nSPS) is 10.8. The van der Waals surface area contributed by atoms with E-state index in [1.165, 1.54) is 23.1 Å². The second kappa shape index (κ2) is 7.29. The van der Waals surface area contributed by atoms with Gasteiger partial charge in [-0.05, 0) is 29.7 Å². The number of imidazole rings is 1. The monoisotopic (exact) mass is 371 g/mol. The van der Waals surface area contributed by atoms with Gasteiger partial charge in [0.15, 0.2) is 0 Å². The molecule has 0 unspecified atom stereocenters. The summed E-state index contributed by atoms with van der Waals surface area (Å²) in [5.41, 5.74) is 1.87. The number of hydrogen-bond acceptors (Lipinski definition) is 5. The van der Waals surface area contributed by atoms with Crippen LogP contribution in [0.3, 0.4) is 0 Å². The number of carbonyl (C=O) groups excluding carboxylic acids is 2. The molecule has 2 N–H and O–H groups in total. The highest BCUT2D eigenvalue weighted by Crippen LogP contribution is 2.15. The minimum absolute atomic E-state index is 0.0515. The lowest BCUT2D eigenvalue weighted by Crippen LogP contribution is -2.34. The van der Waals surface area contributed by atoms with Crippen LogP contribution in [0.4, 0.5) is 0 Å². The third-order valence-corrected chi connectivity index (χ3v) is 4.25. The first kappa shape index (κ1) is 18.1. The van der Waals surface area contributed by atoms with E-state index in [0.29, 0.717) is 11.3 Å². The van der Waals surface area contributed by atoms with Crippen molar-refractivity contribution in [3.05, 3.63) is 64.6 Å². The summed E-state index contributed by atoms with van der Waals surface area (Å²) in [6, 6.07) is 7.66. The van der Waals surface area contributed by atoms with Crippen LogP contribution in [0.5, 0.6) is 0 Å². The second-order valence-corrected chi connectivity index (χ2v) is 6.26. The summed E-state index contributed by atoms with van der Waals surface area (Å²) in [7, 11) is -0.151. The molecule has 0 atom stereocenters. The van der Waals surface area contributed by atoms with E-state index in [1.807, 2.05) is 0 Å². The van der Waals surface area contributed by atoms with Crippen LogP contribution in [0, 0.1) is 0 Å². The molecular weight excluding hydrogens is 356 g/mol. The molecule has 2 heterocycles. The molecule has 0 aliphatic heterocycles. The summed E-state index contributed by atoms with van der Waals surface area (Å²) in [6.45, 7) is 0.279. The van der Waals surface area contributed by atoms with Crippen molar-refractivity contribution in [2.75, 3.05) is 7.05 Å². The van der Waals surface area contributed by atoms with Gasteiger partial charge in [-0.2, -0.15) is 0 Å². The molecule has 0 bridgehead atoms. The van der Waals surface area contributed by atoms with Crippen LogP contribution in [-0.4, -0.2) is 50.7 Å². The van der Waals surface area contributed by atoms with Crippen molar-refractivity contribution in [3.63, 3.8) is 0 Å². The van der Waals surface area contributed by atoms with Crippen LogP contribution >= 0.6 is 11.6 Å². The van der Waals surface area contributed by atoms with Gasteiger partial charge in [-0.1, -0.05) is 17.7 Å². The van der Waals surface area contributed by atoms with Crippen LogP contribution in [0.2, 0.25) is 5.02 Å². The van der Waals surface area contributed by atoms with Crippen LogP contribution in [0.1, 0.15) is 26.4 Å². The fraction of sp³-hybridized carbons (Fsp3) is 0.118. The number of halogens is 1. The largest absolute Gasteiger partial charge is 0.489 e. The van der Waals surface area contributed by atoms with Gasteiger partial charge >= 0.3 is 7.12 Å². The first-order valence-electron chi connectivity index (χ1n) is 7.73. The maximum absolute atomic E-state index is 12.7. The maximum Gasteiger partial charge on any atom is 0.489 e. The van der Waals surface area contributed by atoms with Gasteiger partial charge in [-0.3, -0.25) is 9.59 Å². The summed E-state index contributed by atoms with van der Waals surface area (Å²) in [6.07, 6.45) is 3.87. The zero-order chi connectivity index (χ0) is 18.8. The lowest BCUT2D eigenvalue weighted by Gasteiger charge is -2.18. The average Bonchev–Trinajstić information content (AvgIpc) is 3.02. The van der Waals surface area contributed by atoms with Crippen molar-refractivity contribution in [2.24, 2.45) is 0 Å². The molecule has 7 nitrogen and oxygen atoms in total. The van der Waals surface area contributed by atoms with Crippen molar-refractivity contribution < 1.29 is 19.6 Å². The Bertz CT molecular complexity index is 989. The average molecular weight is 372 g/mol. The summed E-state index contributed by atoms with van der Waals surface area (Å²) >= 11 is 6.01. The van der Waals surface area contributed by atoms with Crippen LogP contribution in [-0.2, 0) is 6.54 Å². The Morgan fingerprint density at radius 3 is 2.81 bits per heavy atom. The molecule has 0 aliphatic rings. The van der Waals surface area contributed by atoms with Crippen LogP contribution < -0.4 is 5.46 Å². The topological polar surface area (TPSA) is 95.1 Å². The zero-order valence-electron chi connectivity index (χ0n) is 13.8. The molecule has 0 aliphatic carbocycles. The molecule has 0 saturated carbocycles. The Kier molecular flexibility index (Phi) is 5.08. The molecule has 0 fully saturated rings. The number of rotatable bonds is 5. The quantitative estimate of drug-likeness (QED) is 0.510. The molecule has 3 aromatic rings. The van der Waals surface area contributed by atoms with Crippen molar-refractivity contribution in [2.45, 2.75) is 6.54 Å². The van der Waals surface area contributed by atoms with E-state index in [0.717, 1.165) is 11.3 Å². The van der Waals surface area contributed by atoms with Gasteiger partial charge in [0.2, 0.25) is 0 Å². The highest BCUT2D eigenvalue weighted by molar-refractivity contribution is 6.60. The zero-order valence-corrected chi connectivity index (χ0v) is 14.6. The second-order valence-electron chi connectivity index (χ2n) is 5.82. The van der Waals surface area contributed by atoms with Crippen LogP contribution in [0.15, 0.2) is 42.7 Å². The number of fused-ring (bicyclic) bond motifs is 1. The number of nitrogens with zero attached hydrogens (tertiary/aromatic N) is 3. The van der Waals surface area contributed by atoms with E-state index in [2.05, 4.69) is 4.98 Å². The molecule has 1 amide bonds. The predicted octanol–water partition coefficient (Wildman–Crippen LogP) is 0.752. The molecule has 0 saturated heterocycles. The summed E-state index contributed by atoms with van der Waals surface area (Å²) in [5.74, 6) is -0.316. The van der Waals surface area contributed by atoms with Crippen LogP contribution in [0.25, 0.3) is 5.65 Å². The standard InChI is InChI=1S/C17H15BClN3O4/c1-21(9-14-7-20-16-5-3-13(19)8-22(14)16)17(24)11-2-4-15(18(25)26)12(6-11)10-23/h2-8,10,25-26H,9H2,1H3. The molecule has 2 aromatic heterocycles. The van der Waals surface area contributed by atoms with Gasteiger partial charge < -0.3 is 19.3 Å². The molecular formula is C17H15BClN3O4. The van der Waals surface area contributed by atoms with Gasteiger partial charge in [0.1, 0.15) is 11.9 Å². The van der Waals surface area contributed by atoms with Gasteiger partial charge in [0.25, 0.3) is 5.91 Å². The van der Waals surface area contributed by atoms with E-state index in [1.54, 1.807) is 36.0 Å². The molecule has 26 heavy (non-hydrogen) atoms. The van der Waals surface area contributed by atoms with Gasteiger partial charge in [-0.25, -0.2) is 4.98 Å². The smallest absolute Gasteiger partial charge is 0.423 e. The maximum atomic E-state index is 12.7. The highest BCUT2D eigenvalue weighted by atomic mass is 35.5. The van der Waals surface area contributed by atoms with Crippen molar-refractivity contribution in [3.8, 4) is 0 Å². The van der Waals surface area contributed by atoms with E-state index < -0.39 is 7.12 Å². The molecule has 0 spiro atoms. The highest BCUT2D eigenvalue weighted by Gasteiger charge is 2.20. The molecule has 3 rings (SSSR count). The predicted molar refractivity (Wildman–Crippen MR) is 97.7 cm³/mol. The third-order valence-electron chi connectivity index (χ3n) is 4.03. The summed E-state index contributed by atoms with van der Waals surface area (Å²) in [4.78, 5) is 29.5. The molecule has 1 aromatic carbocycles. The molecule has 9 heteroatoms.